The first-order valence-corrected chi connectivity index (χ1v) is 6.89. The average Bonchev–Trinajstić information content (AvgIpc) is 2.38. The number of benzene rings is 1. The molecule has 0 fully saturated rings. The van der Waals surface area contributed by atoms with Crippen LogP contribution in [-0.4, -0.2) is 41.1 Å². The van der Waals surface area contributed by atoms with Crippen LogP contribution in [0.25, 0.3) is 0 Å². The highest BCUT2D eigenvalue weighted by Crippen LogP contribution is 2.09. The van der Waals surface area contributed by atoms with Gasteiger partial charge in [0.1, 0.15) is 0 Å². The highest BCUT2D eigenvalue weighted by atomic mass is 32.2. The number of thioether (sulfide) groups is 1. The summed E-state index contributed by atoms with van der Waals surface area (Å²) in [5, 5.41) is 13.5. The van der Waals surface area contributed by atoms with Crippen molar-refractivity contribution in [3.63, 3.8) is 0 Å². The van der Waals surface area contributed by atoms with E-state index in [2.05, 4.69) is 10.6 Å². The Balaban J connectivity index is 2.36. The number of hydrogen-bond acceptors (Lipinski definition) is 4. The second kappa shape index (κ2) is 8.05. The van der Waals surface area contributed by atoms with Crippen LogP contribution in [0.2, 0.25) is 0 Å². The lowest BCUT2D eigenvalue weighted by molar-refractivity contribution is -0.133. The first-order valence-electron chi connectivity index (χ1n) is 5.73. The molecule has 0 saturated heterocycles. The van der Waals surface area contributed by atoms with Crippen LogP contribution in [0, 0.1) is 0 Å². The third-order valence-electron chi connectivity index (χ3n) is 2.17. The van der Waals surface area contributed by atoms with Gasteiger partial charge in [-0.2, -0.15) is 0 Å². The van der Waals surface area contributed by atoms with Crippen molar-refractivity contribution in [2.24, 2.45) is 5.73 Å². The Kier molecular flexibility index (Phi) is 6.38. The summed E-state index contributed by atoms with van der Waals surface area (Å²) in [7, 11) is 0. The first-order chi connectivity index (χ1) is 9.49. The van der Waals surface area contributed by atoms with Crippen molar-refractivity contribution in [3.05, 3.63) is 29.8 Å². The van der Waals surface area contributed by atoms with E-state index < -0.39 is 12.0 Å². The van der Waals surface area contributed by atoms with Crippen molar-refractivity contribution in [2.45, 2.75) is 0 Å². The summed E-state index contributed by atoms with van der Waals surface area (Å²) >= 11 is 1.23. The van der Waals surface area contributed by atoms with Crippen LogP contribution in [0.3, 0.4) is 0 Å². The van der Waals surface area contributed by atoms with Crippen molar-refractivity contribution in [1.82, 2.24) is 5.32 Å². The number of nitrogens with one attached hydrogen (secondary N) is 2. The van der Waals surface area contributed by atoms with Crippen LogP contribution in [0.1, 0.15) is 10.4 Å². The minimum absolute atomic E-state index is 0.0172. The van der Waals surface area contributed by atoms with Gasteiger partial charge in [-0.25, -0.2) is 4.79 Å². The fourth-order valence-electron chi connectivity index (χ4n) is 1.35. The Morgan fingerprint density at radius 2 is 1.85 bits per heavy atom. The predicted molar refractivity (Wildman–Crippen MR) is 76.9 cm³/mol. The number of carbonyl (C=O) groups excluding carboxylic acids is 2. The normalized spacial score (nSPS) is 9.80. The van der Waals surface area contributed by atoms with Gasteiger partial charge >= 0.3 is 12.0 Å². The lowest BCUT2D eigenvalue weighted by atomic mass is 10.2. The van der Waals surface area contributed by atoms with Gasteiger partial charge in [-0.05, 0) is 24.3 Å². The molecular weight excluding hydrogens is 282 g/mol. The molecule has 0 radical (unpaired) electrons. The number of amides is 3. The Morgan fingerprint density at radius 1 is 1.20 bits per heavy atom. The van der Waals surface area contributed by atoms with Gasteiger partial charge in [0.15, 0.2) is 0 Å². The molecule has 0 aliphatic heterocycles. The Morgan fingerprint density at radius 3 is 2.40 bits per heavy atom. The fraction of sp³-hybridized carbons (Fsp3) is 0.250. The molecule has 0 unspecified atom stereocenters. The van der Waals surface area contributed by atoms with Crippen LogP contribution < -0.4 is 16.4 Å². The maximum Gasteiger partial charge on any atom is 0.316 e. The topological polar surface area (TPSA) is 122 Å². The van der Waals surface area contributed by atoms with E-state index in [1.54, 1.807) is 24.3 Å². The lowest BCUT2D eigenvalue weighted by Gasteiger charge is -2.06. The van der Waals surface area contributed by atoms with E-state index in [1.165, 1.54) is 11.8 Å². The number of nitrogens with two attached hydrogens (primary N) is 1. The van der Waals surface area contributed by atoms with Gasteiger partial charge in [-0.1, -0.05) is 0 Å². The van der Waals surface area contributed by atoms with Crippen LogP contribution in [0.4, 0.5) is 10.5 Å². The third kappa shape index (κ3) is 6.10. The first kappa shape index (κ1) is 15.8. The molecule has 3 amide bonds. The van der Waals surface area contributed by atoms with Crippen LogP contribution in [0.5, 0.6) is 0 Å². The Hall–Kier alpha value is -2.22. The lowest BCUT2D eigenvalue weighted by Crippen LogP contribution is -2.26. The van der Waals surface area contributed by atoms with Crippen LogP contribution >= 0.6 is 11.8 Å². The fourth-order valence-corrected chi connectivity index (χ4v) is 1.91. The maximum absolute atomic E-state index is 11.7. The summed E-state index contributed by atoms with van der Waals surface area (Å²) in [6, 6.07) is 5.59. The van der Waals surface area contributed by atoms with Crippen LogP contribution in [0.15, 0.2) is 24.3 Å². The molecular formula is C12H15N3O4S. The molecule has 0 spiro atoms. The van der Waals surface area contributed by atoms with Gasteiger partial charge in [0.05, 0.1) is 5.75 Å². The highest BCUT2D eigenvalue weighted by molar-refractivity contribution is 7.99. The standard InChI is InChI=1S/C12H15N3O4S/c13-12(19)15-9-3-1-8(2-4-9)11(18)14-5-6-20-7-10(16)17/h1-4H,5-7H2,(H,14,18)(H,16,17)(H3,13,15,19). The molecule has 0 heterocycles. The largest absolute Gasteiger partial charge is 0.481 e. The minimum Gasteiger partial charge on any atom is -0.481 e. The number of carboxylic acid groups (broad SMARTS) is 1. The van der Waals surface area contributed by atoms with Gasteiger partial charge in [0, 0.05) is 23.5 Å². The van der Waals surface area contributed by atoms with Crippen molar-refractivity contribution >= 4 is 35.4 Å². The van der Waals surface area contributed by atoms with Gasteiger partial charge in [0.2, 0.25) is 0 Å². The predicted octanol–water partition coefficient (Wildman–Crippen LogP) is 0.725. The van der Waals surface area contributed by atoms with Gasteiger partial charge in [0.25, 0.3) is 5.91 Å². The summed E-state index contributed by atoms with van der Waals surface area (Å²) in [6.07, 6.45) is 0. The zero-order valence-corrected chi connectivity index (χ0v) is 11.4. The summed E-state index contributed by atoms with van der Waals surface area (Å²) in [5.74, 6) is -0.590. The molecule has 20 heavy (non-hydrogen) atoms. The smallest absolute Gasteiger partial charge is 0.316 e. The SMILES string of the molecule is NC(=O)Nc1ccc(C(=O)NCCSCC(=O)O)cc1. The molecule has 1 rings (SSSR count). The molecule has 7 nitrogen and oxygen atoms in total. The summed E-state index contributed by atoms with van der Waals surface area (Å²) in [6.45, 7) is 0.387. The van der Waals surface area contributed by atoms with E-state index in [4.69, 9.17) is 10.8 Å². The number of carbonyl (C=O) groups is 3. The number of aliphatic carboxylic acids is 1. The van der Waals surface area contributed by atoms with E-state index in [0.717, 1.165) is 0 Å². The number of carboxylic acids is 1. The summed E-state index contributed by atoms with van der Waals surface area (Å²) < 4.78 is 0. The molecule has 5 N–H and O–H groups in total. The molecule has 0 aliphatic carbocycles. The van der Waals surface area contributed by atoms with Crippen molar-refractivity contribution < 1.29 is 19.5 Å². The van der Waals surface area contributed by atoms with Crippen molar-refractivity contribution in [2.75, 3.05) is 23.4 Å². The molecule has 0 atom stereocenters. The zero-order valence-electron chi connectivity index (χ0n) is 10.6. The van der Waals surface area contributed by atoms with E-state index in [1.807, 2.05) is 0 Å². The van der Waals surface area contributed by atoms with Crippen LogP contribution in [-0.2, 0) is 4.79 Å². The van der Waals surface area contributed by atoms with E-state index >= 15 is 0 Å². The third-order valence-corrected chi connectivity index (χ3v) is 3.12. The second-order valence-electron chi connectivity index (χ2n) is 3.77. The number of primary amides is 1. The molecule has 0 saturated carbocycles. The van der Waals surface area contributed by atoms with Crippen molar-refractivity contribution in [1.29, 1.82) is 0 Å². The zero-order chi connectivity index (χ0) is 15.0. The molecule has 1 aromatic rings. The minimum atomic E-state index is -0.876. The Bertz CT molecular complexity index is 490. The molecule has 8 heteroatoms. The number of urea groups is 1. The second-order valence-corrected chi connectivity index (χ2v) is 4.87. The van der Waals surface area contributed by atoms with Gasteiger partial charge in [-0.3, -0.25) is 9.59 Å². The quantitative estimate of drug-likeness (QED) is 0.553. The molecule has 1 aromatic carbocycles. The maximum atomic E-state index is 11.7. The van der Waals surface area contributed by atoms with E-state index in [9.17, 15) is 14.4 Å². The molecule has 0 aromatic heterocycles. The van der Waals surface area contributed by atoms with E-state index in [-0.39, 0.29) is 11.7 Å². The number of rotatable bonds is 7. The van der Waals surface area contributed by atoms with Crippen molar-refractivity contribution in [3.8, 4) is 0 Å². The molecule has 0 aliphatic rings. The number of hydrogen-bond donors (Lipinski definition) is 4. The monoisotopic (exact) mass is 297 g/mol. The average molecular weight is 297 g/mol. The Labute approximate surface area is 119 Å². The van der Waals surface area contributed by atoms with E-state index in [0.29, 0.717) is 23.5 Å². The van der Waals surface area contributed by atoms with Gasteiger partial charge < -0.3 is 21.5 Å². The highest BCUT2D eigenvalue weighted by Gasteiger charge is 2.05. The molecule has 0 bridgehead atoms. The number of anilines is 1. The van der Waals surface area contributed by atoms with Gasteiger partial charge in [-0.15, -0.1) is 11.8 Å². The summed E-state index contributed by atoms with van der Waals surface area (Å²) in [4.78, 5) is 32.6. The molecule has 108 valence electrons. The summed E-state index contributed by atoms with van der Waals surface area (Å²) in [5.41, 5.74) is 5.92.